The van der Waals surface area contributed by atoms with Gasteiger partial charge in [-0.1, -0.05) is 41.9 Å². The molecule has 1 heterocycles. The zero-order valence-electron chi connectivity index (χ0n) is 17.2. The number of ether oxygens (including phenoxy) is 1. The van der Waals surface area contributed by atoms with E-state index in [0.29, 0.717) is 35.7 Å². The van der Waals surface area contributed by atoms with Gasteiger partial charge in [0.2, 0.25) is 15.9 Å². The van der Waals surface area contributed by atoms with Crippen molar-refractivity contribution in [1.29, 1.82) is 0 Å². The fraction of sp³-hybridized carbons (Fsp3) is 0.409. The Kier molecular flexibility index (Phi) is 7.39. The lowest BCUT2D eigenvalue weighted by molar-refractivity contribution is -0.126. The van der Waals surface area contributed by atoms with Gasteiger partial charge in [0.25, 0.3) is 0 Å². The smallest absolute Gasteiger partial charge is 0.224 e. The summed E-state index contributed by atoms with van der Waals surface area (Å²) in [4.78, 5) is 12.9. The number of piperidine rings is 1. The van der Waals surface area contributed by atoms with E-state index in [1.807, 2.05) is 31.2 Å². The molecular weight excluding hydrogens is 424 g/mol. The average Bonchev–Trinajstić information content (AvgIpc) is 2.75. The second-order valence-electron chi connectivity index (χ2n) is 7.55. The van der Waals surface area contributed by atoms with Crippen molar-refractivity contribution in [3.05, 3.63) is 64.7 Å². The molecule has 2 aromatic rings. The largest absolute Gasteiger partial charge is 0.496 e. The third kappa shape index (κ3) is 5.53. The number of benzene rings is 2. The molecule has 1 amide bonds. The summed E-state index contributed by atoms with van der Waals surface area (Å²) in [7, 11) is -1.92. The van der Waals surface area contributed by atoms with Crippen LogP contribution in [-0.4, -0.2) is 38.8 Å². The van der Waals surface area contributed by atoms with E-state index in [9.17, 15) is 13.2 Å². The third-order valence-electron chi connectivity index (χ3n) is 5.37. The maximum atomic E-state index is 12.9. The number of sulfonamides is 1. The molecule has 2 aromatic carbocycles. The summed E-state index contributed by atoms with van der Waals surface area (Å²) in [6.45, 7) is 2.52. The van der Waals surface area contributed by atoms with Crippen LogP contribution in [0.2, 0.25) is 5.02 Å². The van der Waals surface area contributed by atoms with Crippen LogP contribution in [0.4, 0.5) is 0 Å². The van der Waals surface area contributed by atoms with Gasteiger partial charge in [-0.2, -0.15) is 0 Å². The van der Waals surface area contributed by atoms with Crippen LogP contribution in [-0.2, 0) is 20.6 Å². The summed E-state index contributed by atoms with van der Waals surface area (Å²) in [6, 6.07) is 14.1. The minimum Gasteiger partial charge on any atom is -0.496 e. The van der Waals surface area contributed by atoms with E-state index in [1.54, 1.807) is 31.4 Å². The highest BCUT2D eigenvalue weighted by atomic mass is 35.5. The van der Waals surface area contributed by atoms with E-state index in [2.05, 4.69) is 5.32 Å². The lowest BCUT2D eigenvalue weighted by atomic mass is 9.97. The van der Waals surface area contributed by atoms with Gasteiger partial charge >= 0.3 is 0 Å². The van der Waals surface area contributed by atoms with Crippen LogP contribution < -0.4 is 10.1 Å². The molecule has 0 bridgehead atoms. The van der Waals surface area contributed by atoms with Crippen LogP contribution in [0.3, 0.4) is 0 Å². The molecule has 0 saturated carbocycles. The van der Waals surface area contributed by atoms with E-state index in [0.717, 1.165) is 5.56 Å². The topological polar surface area (TPSA) is 75.7 Å². The molecule has 3 rings (SSSR count). The van der Waals surface area contributed by atoms with Crippen molar-refractivity contribution in [2.24, 2.45) is 5.92 Å². The van der Waals surface area contributed by atoms with Gasteiger partial charge in [0.1, 0.15) is 5.75 Å². The number of carbonyl (C=O) groups excluding carboxylic acids is 1. The van der Waals surface area contributed by atoms with Crippen molar-refractivity contribution in [2.45, 2.75) is 31.6 Å². The van der Waals surface area contributed by atoms with Crippen LogP contribution in [0.1, 0.15) is 36.9 Å². The van der Waals surface area contributed by atoms with Crippen molar-refractivity contribution in [1.82, 2.24) is 9.62 Å². The predicted octanol–water partition coefficient (Wildman–Crippen LogP) is 3.77. The number of methoxy groups -OCH3 is 1. The molecule has 8 heteroatoms. The number of hydrogen-bond acceptors (Lipinski definition) is 4. The highest BCUT2D eigenvalue weighted by molar-refractivity contribution is 7.88. The fourth-order valence-corrected chi connectivity index (χ4v) is 5.46. The molecule has 0 unspecified atom stereocenters. The molecule has 0 aliphatic carbocycles. The Hall–Kier alpha value is -2.09. The van der Waals surface area contributed by atoms with E-state index < -0.39 is 10.0 Å². The second kappa shape index (κ2) is 9.81. The van der Waals surface area contributed by atoms with Crippen LogP contribution in [0.25, 0.3) is 0 Å². The molecule has 1 N–H and O–H groups in total. The van der Waals surface area contributed by atoms with Crippen molar-refractivity contribution in [3.8, 4) is 5.75 Å². The molecule has 1 aliphatic heterocycles. The van der Waals surface area contributed by atoms with Gasteiger partial charge in [-0.15, -0.1) is 0 Å². The maximum Gasteiger partial charge on any atom is 0.224 e. The summed E-state index contributed by atoms with van der Waals surface area (Å²) >= 11 is 5.88. The van der Waals surface area contributed by atoms with E-state index in [4.69, 9.17) is 16.3 Å². The SMILES string of the molecule is COc1ccccc1[C@H](C)NC(=O)[C@@H]1CCCN(S(=O)(=O)Cc2ccc(Cl)cc2)C1. The molecule has 1 saturated heterocycles. The second-order valence-corrected chi connectivity index (χ2v) is 9.96. The van der Waals surface area contributed by atoms with E-state index in [1.165, 1.54) is 4.31 Å². The van der Waals surface area contributed by atoms with Gasteiger partial charge in [-0.25, -0.2) is 12.7 Å². The zero-order chi connectivity index (χ0) is 21.7. The van der Waals surface area contributed by atoms with Gasteiger partial charge in [0.05, 0.1) is 24.8 Å². The van der Waals surface area contributed by atoms with Crippen molar-refractivity contribution in [2.75, 3.05) is 20.2 Å². The Bertz CT molecular complexity index is 979. The number of hydrogen-bond donors (Lipinski definition) is 1. The maximum absolute atomic E-state index is 12.9. The normalized spacial score (nSPS) is 18.6. The molecule has 162 valence electrons. The molecule has 1 fully saturated rings. The first kappa shape index (κ1) is 22.6. The minimum atomic E-state index is -3.52. The number of carbonyl (C=O) groups is 1. The van der Waals surface area contributed by atoms with Crippen molar-refractivity contribution < 1.29 is 17.9 Å². The summed E-state index contributed by atoms with van der Waals surface area (Å²) < 4.78 is 32.6. The Morgan fingerprint density at radius 2 is 1.93 bits per heavy atom. The number of para-hydroxylation sites is 1. The van der Waals surface area contributed by atoms with Crippen LogP contribution in [0, 0.1) is 5.92 Å². The quantitative estimate of drug-likeness (QED) is 0.696. The standard InChI is InChI=1S/C22H27ClN2O4S/c1-16(20-7-3-4-8-21(20)29-2)24-22(26)18-6-5-13-25(14-18)30(27,28)15-17-9-11-19(23)12-10-17/h3-4,7-12,16,18H,5-6,13-15H2,1-2H3,(H,24,26)/t16-,18+/m0/s1. The number of nitrogens with zero attached hydrogens (tertiary/aromatic N) is 1. The lowest BCUT2D eigenvalue weighted by Gasteiger charge is -2.32. The van der Waals surface area contributed by atoms with Crippen LogP contribution >= 0.6 is 11.6 Å². The van der Waals surface area contributed by atoms with Crippen LogP contribution in [0.15, 0.2) is 48.5 Å². The summed E-state index contributed by atoms with van der Waals surface area (Å²) in [5, 5.41) is 3.58. The zero-order valence-corrected chi connectivity index (χ0v) is 18.7. The monoisotopic (exact) mass is 450 g/mol. The molecule has 6 nitrogen and oxygen atoms in total. The van der Waals surface area contributed by atoms with Crippen LogP contribution in [0.5, 0.6) is 5.75 Å². The Balaban J connectivity index is 1.64. The average molecular weight is 451 g/mol. The van der Waals surface area contributed by atoms with Gasteiger partial charge in [0, 0.05) is 23.7 Å². The summed E-state index contributed by atoms with van der Waals surface area (Å²) in [5.74, 6) is 0.0904. The Morgan fingerprint density at radius 1 is 1.23 bits per heavy atom. The van der Waals surface area contributed by atoms with Gasteiger partial charge < -0.3 is 10.1 Å². The molecule has 0 spiro atoms. The van der Waals surface area contributed by atoms with Gasteiger partial charge in [-0.3, -0.25) is 4.79 Å². The lowest BCUT2D eigenvalue weighted by Crippen LogP contribution is -2.46. The van der Waals surface area contributed by atoms with Gasteiger partial charge in [0.15, 0.2) is 0 Å². The summed E-state index contributed by atoms with van der Waals surface area (Å²) in [6.07, 6.45) is 1.32. The third-order valence-corrected chi connectivity index (χ3v) is 7.44. The number of amides is 1. The summed E-state index contributed by atoms with van der Waals surface area (Å²) in [5.41, 5.74) is 1.56. The van der Waals surface area contributed by atoms with Crippen molar-refractivity contribution >= 4 is 27.5 Å². The Labute approximate surface area is 183 Å². The van der Waals surface area contributed by atoms with Crippen molar-refractivity contribution in [3.63, 3.8) is 0 Å². The molecule has 0 aromatic heterocycles. The highest BCUT2D eigenvalue weighted by Crippen LogP contribution is 2.26. The number of halogens is 1. The first-order chi connectivity index (χ1) is 14.3. The Morgan fingerprint density at radius 3 is 2.63 bits per heavy atom. The first-order valence-corrected chi connectivity index (χ1v) is 11.9. The molecule has 30 heavy (non-hydrogen) atoms. The number of rotatable bonds is 7. The van der Waals surface area contributed by atoms with E-state index >= 15 is 0 Å². The number of nitrogens with one attached hydrogen (secondary N) is 1. The first-order valence-electron chi connectivity index (χ1n) is 9.95. The minimum absolute atomic E-state index is 0.101. The highest BCUT2D eigenvalue weighted by Gasteiger charge is 2.33. The predicted molar refractivity (Wildman–Crippen MR) is 118 cm³/mol. The molecular formula is C22H27ClN2O4S. The van der Waals surface area contributed by atoms with Gasteiger partial charge in [-0.05, 0) is 43.5 Å². The molecule has 1 aliphatic rings. The molecule has 2 atom stereocenters. The van der Waals surface area contributed by atoms with E-state index in [-0.39, 0.29) is 30.2 Å². The fourth-order valence-electron chi connectivity index (χ4n) is 3.72. The molecule has 0 radical (unpaired) electrons.